The van der Waals surface area contributed by atoms with Gasteiger partial charge in [-0.05, 0) is 48.7 Å². The summed E-state index contributed by atoms with van der Waals surface area (Å²) in [7, 11) is 0. The van der Waals surface area contributed by atoms with E-state index in [-0.39, 0.29) is 5.75 Å². The van der Waals surface area contributed by atoms with Crippen LogP contribution in [0.1, 0.15) is 25.3 Å². The predicted molar refractivity (Wildman–Crippen MR) is 144 cm³/mol. The van der Waals surface area contributed by atoms with E-state index in [4.69, 9.17) is 4.98 Å². The van der Waals surface area contributed by atoms with Gasteiger partial charge in [-0.1, -0.05) is 61.9 Å². The molecule has 0 aliphatic rings. The van der Waals surface area contributed by atoms with E-state index in [1.54, 1.807) is 17.4 Å². The minimum Gasteiger partial charge on any atom is -0.507 e. The lowest BCUT2D eigenvalue weighted by molar-refractivity contribution is 0.477. The number of rotatable bonds is 5. The van der Waals surface area contributed by atoms with Gasteiger partial charge < -0.3 is 5.11 Å². The first-order chi connectivity index (χ1) is 16.2. The van der Waals surface area contributed by atoms with Crippen LogP contribution < -0.4 is 0 Å². The fraction of sp³-hybridized carbons (Fsp3) is 0.138. The molecule has 33 heavy (non-hydrogen) atoms. The third kappa shape index (κ3) is 3.50. The minimum atomic E-state index is 0.274. The predicted octanol–water partition coefficient (Wildman–Crippen LogP) is 9.05. The molecule has 0 saturated carbocycles. The van der Waals surface area contributed by atoms with Crippen LogP contribution in [0.5, 0.6) is 5.75 Å². The molecule has 2 heterocycles. The number of aromatic nitrogens is 1. The number of hydrogen-bond donors (Lipinski definition) is 1. The highest BCUT2D eigenvalue weighted by molar-refractivity contribution is 7.26. The Morgan fingerprint density at radius 2 is 1.55 bits per heavy atom. The molecule has 0 amide bonds. The lowest BCUT2D eigenvalue weighted by Gasteiger charge is -2.08. The fourth-order valence-electron chi connectivity index (χ4n) is 4.55. The fourth-order valence-corrected chi connectivity index (χ4v) is 6.87. The number of aryl methyl sites for hydroxylation is 1. The normalized spacial score (nSPS) is 11.7. The van der Waals surface area contributed by atoms with Gasteiger partial charge in [-0.15, -0.1) is 22.7 Å². The van der Waals surface area contributed by atoms with Crippen LogP contribution in [-0.4, -0.2) is 10.1 Å². The molecule has 0 radical (unpaired) electrons. The Bertz CT molecular complexity index is 1630. The molecular formula is C29H23NOS2. The van der Waals surface area contributed by atoms with E-state index in [0.717, 1.165) is 22.5 Å². The maximum absolute atomic E-state index is 10.4. The van der Waals surface area contributed by atoms with Gasteiger partial charge in [0.15, 0.2) is 0 Å². The summed E-state index contributed by atoms with van der Waals surface area (Å²) in [4.78, 5) is 5.07. The van der Waals surface area contributed by atoms with E-state index >= 15 is 0 Å². The molecule has 0 aliphatic carbocycles. The smallest absolute Gasteiger partial charge is 0.128 e. The summed E-state index contributed by atoms with van der Waals surface area (Å²) in [6.07, 6.45) is 3.40. The van der Waals surface area contributed by atoms with Gasteiger partial charge in [0.1, 0.15) is 10.8 Å². The van der Waals surface area contributed by atoms with E-state index in [1.807, 2.05) is 29.5 Å². The number of fused-ring (bicyclic) bond motifs is 4. The second-order valence-corrected chi connectivity index (χ2v) is 10.5. The molecule has 6 aromatic rings. The Morgan fingerprint density at radius 1 is 0.758 bits per heavy atom. The van der Waals surface area contributed by atoms with Crippen molar-refractivity contribution in [3.8, 4) is 27.4 Å². The number of unbranched alkanes of at least 4 members (excludes halogenated alkanes) is 1. The van der Waals surface area contributed by atoms with Crippen LogP contribution in [0, 0.1) is 0 Å². The van der Waals surface area contributed by atoms with Crippen LogP contribution >= 0.6 is 22.7 Å². The van der Waals surface area contributed by atoms with Gasteiger partial charge in [-0.25, -0.2) is 4.98 Å². The van der Waals surface area contributed by atoms with Crippen molar-refractivity contribution in [2.75, 3.05) is 0 Å². The molecule has 6 rings (SSSR count). The molecule has 0 aliphatic heterocycles. The van der Waals surface area contributed by atoms with Crippen LogP contribution in [0.25, 0.3) is 52.1 Å². The van der Waals surface area contributed by atoms with Crippen molar-refractivity contribution in [1.29, 1.82) is 0 Å². The molecule has 0 fully saturated rings. The number of benzene rings is 4. The van der Waals surface area contributed by atoms with Crippen molar-refractivity contribution in [1.82, 2.24) is 4.98 Å². The second kappa shape index (κ2) is 8.29. The van der Waals surface area contributed by atoms with Crippen molar-refractivity contribution in [2.24, 2.45) is 0 Å². The zero-order chi connectivity index (χ0) is 22.4. The van der Waals surface area contributed by atoms with Gasteiger partial charge >= 0.3 is 0 Å². The number of thiophene rings is 1. The van der Waals surface area contributed by atoms with Crippen LogP contribution in [0.3, 0.4) is 0 Å². The highest BCUT2D eigenvalue weighted by Crippen LogP contribution is 2.44. The molecule has 0 spiro atoms. The SMILES string of the molecule is CCCCc1cc(-c2cccc3c2sc2ccccc23)c2nc(-c3ccccc3O)sc2c1. The molecule has 1 N–H and O–H groups in total. The Balaban J connectivity index is 1.63. The summed E-state index contributed by atoms with van der Waals surface area (Å²) >= 11 is 3.52. The average Bonchev–Trinajstić information content (AvgIpc) is 3.44. The Hall–Kier alpha value is -3.21. The number of phenolic OH excluding ortho intramolecular Hbond substituents is 1. The lowest BCUT2D eigenvalue weighted by Crippen LogP contribution is -1.89. The molecule has 0 atom stereocenters. The van der Waals surface area contributed by atoms with Gasteiger partial charge in [-0.3, -0.25) is 0 Å². The van der Waals surface area contributed by atoms with E-state index in [2.05, 4.69) is 61.5 Å². The van der Waals surface area contributed by atoms with Gasteiger partial charge in [-0.2, -0.15) is 0 Å². The number of thiazole rings is 1. The Labute approximate surface area is 200 Å². The van der Waals surface area contributed by atoms with Crippen molar-refractivity contribution in [3.05, 3.63) is 84.4 Å². The molecule has 4 aromatic carbocycles. The molecule has 162 valence electrons. The summed E-state index contributed by atoms with van der Waals surface area (Å²) in [6, 6.07) is 27.4. The van der Waals surface area contributed by atoms with Gasteiger partial charge in [0.05, 0.1) is 15.8 Å². The van der Waals surface area contributed by atoms with Crippen LogP contribution in [-0.2, 0) is 6.42 Å². The summed E-state index contributed by atoms with van der Waals surface area (Å²) in [5, 5.41) is 13.9. The Kier molecular flexibility index (Phi) is 5.12. The first-order valence-electron chi connectivity index (χ1n) is 11.4. The molecule has 2 aromatic heterocycles. The molecule has 0 saturated heterocycles. The highest BCUT2D eigenvalue weighted by atomic mass is 32.1. The summed E-state index contributed by atoms with van der Waals surface area (Å²) in [5.41, 5.74) is 5.59. The second-order valence-electron chi connectivity index (χ2n) is 8.41. The minimum absolute atomic E-state index is 0.274. The maximum Gasteiger partial charge on any atom is 0.128 e. The van der Waals surface area contributed by atoms with Crippen molar-refractivity contribution in [3.63, 3.8) is 0 Å². The first kappa shape index (κ1) is 20.4. The molecular weight excluding hydrogens is 442 g/mol. The zero-order valence-electron chi connectivity index (χ0n) is 18.3. The molecule has 4 heteroatoms. The number of nitrogens with zero attached hydrogens (tertiary/aromatic N) is 1. The van der Waals surface area contributed by atoms with Crippen LogP contribution in [0.15, 0.2) is 78.9 Å². The quantitative estimate of drug-likeness (QED) is 0.275. The Morgan fingerprint density at radius 3 is 2.42 bits per heavy atom. The maximum atomic E-state index is 10.4. The third-order valence-corrected chi connectivity index (χ3v) is 8.46. The van der Waals surface area contributed by atoms with Crippen molar-refractivity contribution < 1.29 is 5.11 Å². The standard InChI is InChI=1S/C29H23NOS2/c1-2-3-9-18-16-23(21-13-8-12-20-19-10-5-7-15-25(19)32-28(20)21)27-26(17-18)33-29(30-27)22-11-4-6-14-24(22)31/h4-8,10-17,31H,2-3,9H2,1H3. The number of phenols is 1. The number of hydrogen-bond acceptors (Lipinski definition) is 4. The molecule has 2 nitrogen and oxygen atoms in total. The topological polar surface area (TPSA) is 33.1 Å². The van der Waals surface area contributed by atoms with Gasteiger partial charge in [0.2, 0.25) is 0 Å². The number of para-hydroxylation sites is 1. The average molecular weight is 466 g/mol. The third-order valence-electron chi connectivity index (χ3n) is 6.20. The van der Waals surface area contributed by atoms with E-state index in [9.17, 15) is 5.11 Å². The van der Waals surface area contributed by atoms with Crippen molar-refractivity contribution in [2.45, 2.75) is 26.2 Å². The van der Waals surface area contributed by atoms with E-state index in [1.165, 1.54) is 54.4 Å². The lowest BCUT2D eigenvalue weighted by atomic mass is 9.98. The molecule has 0 unspecified atom stereocenters. The van der Waals surface area contributed by atoms with Crippen LogP contribution in [0.2, 0.25) is 0 Å². The van der Waals surface area contributed by atoms with E-state index < -0.39 is 0 Å². The zero-order valence-corrected chi connectivity index (χ0v) is 20.0. The summed E-state index contributed by atoms with van der Waals surface area (Å²) < 4.78 is 3.80. The van der Waals surface area contributed by atoms with Crippen molar-refractivity contribution >= 4 is 53.1 Å². The number of aromatic hydroxyl groups is 1. The monoisotopic (exact) mass is 465 g/mol. The summed E-state index contributed by atoms with van der Waals surface area (Å²) in [5.74, 6) is 0.274. The molecule has 0 bridgehead atoms. The van der Waals surface area contributed by atoms with E-state index in [0.29, 0.717) is 0 Å². The first-order valence-corrected chi connectivity index (χ1v) is 13.0. The largest absolute Gasteiger partial charge is 0.507 e. The highest BCUT2D eigenvalue weighted by Gasteiger charge is 2.18. The van der Waals surface area contributed by atoms with Gasteiger partial charge in [0.25, 0.3) is 0 Å². The van der Waals surface area contributed by atoms with Gasteiger partial charge in [0, 0.05) is 31.3 Å². The summed E-state index contributed by atoms with van der Waals surface area (Å²) in [6.45, 7) is 2.24. The van der Waals surface area contributed by atoms with Crippen LogP contribution in [0.4, 0.5) is 0 Å².